The SMILES string of the molecule is CC(C)c1ccc(CNC(C)c2nccn2C)cc1. The maximum Gasteiger partial charge on any atom is 0.125 e. The van der Waals surface area contributed by atoms with Crippen molar-refractivity contribution in [2.45, 2.75) is 39.3 Å². The Kier molecular flexibility index (Phi) is 4.38. The van der Waals surface area contributed by atoms with Crippen LogP contribution in [0.5, 0.6) is 0 Å². The van der Waals surface area contributed by atoms with Crippen LogP contribution >= 0.6 is 0 Å². The van der Waals surface area contributed by atoms with E-state index in [0.29, 0.717) is 5.92 Å². The van der Waals surface area contributed by atoms with Crippen LogP contribution in [0.1, 0.15) is 49.7 Å². The van der Waals surface area contributed by atoms with Crippen molar-refractivity contribution < 1.29 is 0 Å². The van der Waals surface area contributed by atoms with Gasteiger partial charge in [-0.05, 0) is 24.0 Å². The second-order valence-corrected chi connectivity index (χ2v) is 5.40. The fourth-order valence-corrected chi connectivity index (χ4v) is 2.18. The molecule has 0 aliphatic heterocycles. The fraction of sp³-hybridized carbons (Fsp3) is 0.438. The molecule has 1 atom stereocenters. The molecule has 1 aromatic carbocycles. The largest absolute Gasteiger partial charge is 0.337 e. The molecule has 3 nitrogen and oxygen atoms in total. The van der Waals surface area contributed by atoms with E-state index in [1.165, 1.54) is 11.1 Å². The summed E-state index contributed by atoms with van der Waals surface area (Å²) in [7, 11) is 2.03. The number of imidazole rings is 1. The molecule has 0 spiro atoms. The maximum absolute atomic E-state index is 4.37. The lowest BCUT2D eigenvalue weighted by atomic mass is 10.0. The van der Waals surface area contributed by atoms with Gasteiger partial charge >= 0.3 is 0 Å². The van der Waals surface area contributed by atoms with E-state index in [1.807, 2.05) is 19.4 Å². The molecule has 0 bridgehead atoms. The van der Waals surface area contributed by atoms with Gasteiger partial charge in [0.05, 0.1) is 6.04 Å². The predicted octanol–water partition coefficient (Wildman–Crippen LogP) is 3.39. The Balaban J connectivity index is 1.93. The average molecular weight is 257 g/mol. The van der Waals surface area contributed by atoms with Crippen LogP contribution in [-0.2, 0) is 13.6 Å². The van der Waals surface area contributed by atoms with Crippen LogP contribution in [0.25, 0.3) is 0 Å². The molecule has 1 unspecified atom stereocenters. The van der Waals surface area contributed by atoms with Crippen molar-refractivity contribution in [3.63, 3.8) is 0 Å². The molecule has 0 fully saturated rings. The van der Waals surface area contributed by atoms with Crippen LogP contribution in [-0.4, -0.2) is 9.55 Å². The van der Waals surface area contributed by atoms with Gasteiger partial charge in [0.1, 0.15) is 5.82 Å². The molecule has 102 valence electrons. The second-order valence-electron chi connectivity index (χ2n) is 5.40. The molecule has 1 heterocycles. The number of nitrogens with one attached hydrogen (secondary N) is 1. The summed E-state index contributed by atoms with van der Waals surface area (Å²) in [6.07, 6.45) is 3.82. The van der Waals surface area contributed by atoms with Crippen molar-refractivity contribution >= 4 is 0 Å². The molecule has 2 aromatic rings. The summed E-state index contributed by atoms with van der Waals surface area (Å²) in [5.74, 6) is 1.66. The highest BCUT2D eigenvalue weighted by molar-refractivity contribution is 5.24. The molecular weight excluding hydrogens is 234 g/mol. The van der Waals surface area contributed by atoms with Gasteiger partial charge in [0.2, 0.25) is 0 Å². The van der Waals surface area contributed by atoms with E-state index in [0.717, 1.165) is 12.4 Å². The van der Waals surface area contributed by atoms with Crippen molar-refractivity contribution in [2.75, 3.05) is 0 Å². The fourth-order valence-electron chi connectivity index (χ4n) is 2.18. The Hall–Kier alpha value is -1.61. The molecule has 19 heavy (non-hydrogen) atoms. The zero-order valence-electron chi connectivity index (χ0n) is 12.2. The second kappa shape index (κ2) is 6.02. The van der Waals surface area contributed by atoms with Gasteiger partial charge in [-0.2, -0.15) is 0 Å². The first-order valence-corrected chi connectivity index (χ1v) is 6.87. The van der Waals surface area contributed by atoms with Gasteiger partial charge in [-0.3, -0.25) is 0 Å². The molecule has 0 saturated heterocycles. The molecule has 3 heteroatoms. The van der Waals surface area contributed by atoms with E-state index in [4.69, 9.17) is 0 Å². The standard InChI is InChI=1S/C16H23N3/c1-12(2)15-7-5-14(6-8-15)11-18-13(3)16-17-9-10-19(16)4/h5-10,12-13,18H,11H2,1-4H3. The summed E-state index contributed by atoms with van der Waals surface area (Å²) in [6, 6.07) is 9.09. The zero-order valence-corrected chi connectivity index (χ0v) is 12.2. The van der Waals surface area contributed by atoms with E-state index in [-0.39, 0.29) is 6.04 Å². The minimum Gasteiger partial charge on any atom is -0.337 e. The number of rotatable bonds is 5. The first-order chi connectivity index (χ1) is 9.08. The van der Waals surface area contributed by atoms with Crippen molar-refractivity contribution in [2.24, 2.45) is 7.05 Å². The molecule has 0 radical (unpaired) electrons. The highest BCUT2D eigenvalue weighted by Crippen LogP contribution is 2.15. The number of hydrogen-bond acceptors (Lipinski definition) is 2. The Bertz CT molecular complexity index is 511. The lowest BCUT2D eigenvalue weighted by Crippen LogP contribution is -2.21. The monoisotopic (exact) mass is 257 g/mol. The number of nitrogens with zero attached hydrogens (tertiary/aromatic N) is 2. The summed E-state index contributed by atoms with van der Waals surface area (Å²) >= 11 is 0. The van der Waals surface area contributed by atoms with E-state index >= 15 is 0 Å². The van der Waals surface area contributed by atoms with E-state index < -0.39 is 0 Å². The number of aryl methyl sites for hydroxylation is 1. The summed E-state index contributed by atoms with van der Waals surface area (Å²) < 4.78 is 2.06. The lowest BCUT2D eigenvalue weighted by molar-refractivity contribution is 0.530. The van der Waals surface area contributed by atoms with Crippen molar-refractivity contribution in [3.05, 3.63) is 53.6 Å². The first kappa shape index (κ1) is 13.8. The zero-order chi connectivity index (χ0) is 13.8. The molecule has 1 N–H and O–H groups in total. The average Bonchev–Trinajstić information content (AvgIpc) is 2.83. The van der Waals surface area contributed by atoms with Crippen molar-refractivity contribution in [1.29, 1.82) is 0 Å². The molecule has 0 aliphatic carbocycles. The highest BCUT2D eigenvalue weighted by atomic mass is 15.1. The van der Waals surface area contributed by atoms with E-state index in [9.17, 15) is 0 Å². The minimum absolute atomic E-state index is 0.254. The van der Waals surface area contributed by atoms with Gasteiger partial charge in [0.25, 0.3) is 0 Å². The summed E-state index contributed by atoms with van der Waals surface area (Å²) in [5.41, 5.74) is 2.70. The third-order valence-corrected chi connectivity index (χ3v) is 3.50. The molecule has 0 aliphatic rings. The third-order valence-electron chi connectivity index (χ3n) is 3.50. The predicted molar refractivity (Wildman–Crippen MR) is 79.0 cm³/mol. The Morgan fingerprint density at radius 2 is 1.84 bits per heavy atom. The molecule has 0 saturated carbocycles. The minimum atomic E-state index is 0.254. The van der Waals surface area contributed by atoms with Crippen molar-refractivity contribution in [1.82, 2.24) is 14.9 Å². The van der Waals surface area contributed by atoms with Gasteiger partial charge in [-0.25, -0.2) is 4.98 Å². The molecular formula is C16H23N3. The summed E-state index contributed by atoms with van der Waals surface area (Å²) in [6.45, 7) is 7.45. The van der Waals surface area contributed by atoms with Gasteiger partial charge in [0, 0.05) is 26.0 Å². The number of benzene rings is 1. The Morgan fingerprint density at radius 3 is 2.37 bits per heavy atom. The number of aromatic nitrogens is 2. The smallest absolute Gasteiger partial charge is 0.125 e. The van der Waals surface area contributed by atoms with Gasteiger partial charge in [0.15, 0.2) is 0 Å². The van der Waals surface area contributed by atoms with Crippen LogP contribution in [0, 0.1) is 0 Å². The summed E-state index contributed by atoms with van der Waals surface area (Å²) in [5, 5.41) is 3.51. The van der Waals surface area contributed by atoms with Crippen LogP contribution < -0.4 is 5.32 Å². The van der Waals surface area contributed by atoms with Crippen molar-refractivity contribution in [3.8, 4) is 0 Å². The molecule has 0 amide bonds. The Labute approximate surface area is 115 Å². The molecule has 2 rings (SSSR count). The summed E-state index contributed by atoms with van der Waals surface area (Å²) in [4.78, 5) is 4.37. The topological polar surface area (TPSA) is 29.9 Å². The van der Waals surface area contributed by atoms with E-state index in [1.54, 1.807) is 0 Å². The number of hydrogen-bond donors (Lipinski definition) is 1. The normalized spacial score (nSPS) is 12.9. The third kappa shape index (κ3) is 3.44. The highest BCUT2D eigenvalue weighted by Gasteiger charge is 2.09. The van der Waals surface area contributed by atoms with Gasteiger partial charge in [-0.15, -0.1) is 0 Å². The maximum atomic E-state index is 4.37. The van der Waals surface area contributed by atoms with Gasteiger partial charge < -0.3 is 9.88 Å². The van der Waals surface area contributed by atoms with Gasteiger partial charge in [-0.1, -0.05) is 38.1 Å². The van der Waals surface area contributed by atoms with Crippen LogP contribution in [0.4, 0.5) is 0 Å². The van der Waals surface area contributed by atoms with E-state index in [2.05, 4.69) is 59.9 Å². The quantitative estimate of drug-likeness (QED) is 0.889. The molecule has 1 aromatic heterocycles. The first-order valence-electron chi connectivity index (χ1n) is 6.87. The Morgan fingerprint density at radius 1 is 1.16 bits per heavy atom. The van der Waals surface area contributed by atoms with Crippen LogP contribution in [0.3, 0.4) is 0 Å². The van der Waals surface area contributed by atoms with Crippen LogP contribution in [0.2, 0.25) is 0 Å². The van der Waals surface area contributed by atoms with Crippen LogP contribution in [0.15, 0.2) is 36.7 Å². The lowest BCUT2D eigenvalue weighted by Gasteiger charge is -2.14.